The maximum absolute atomic E-state index is 12.7. The third kappa shape index (κ3) is 6.25. The number of carboxylic acid groups (broad SMARTS) is 1. The SMILES string of the molecule is Nc1nc2ncc(CNc3ccc(C(=O)N[C@@H](CCC(=O)N4CC5SCS[C@H]5C4)C(=O)O)cc3)nc2c(=O)[nH]1. The van der Waals surface area contributed by atoms with Gasteiger partial charge in [-0.2, -0.15) is 4.98 Å². The zero-order valence-corrected chi connectivity index (χ0v) is 22.3. The number of likely N-dealkylation sites (tertiary alicyclic amines) is 1. The zero-order valence-electron chi connectivity index (χ0n) is 20.6. The molecule has 2 aromatic heterocycles. The molecule has 5 rings (SSSR count). The number of carboxylic acids is 1. The summed E-state index contributed by atoms with van der Waals surface area (Å²) in [6, 6.07) is 5.27. The third-order valence-corrected chi connectivity index (χ3v) is 9.56. The van der Waals surface area contributed by atoms with Crippen molar-refractivity contribution in [3.05, 3.63) is 52.1 Å². The Balaban J connectivity index is 1.13. The number of carbonyl (C=O) groups excluding carboxylic acids is 2. The van der Waals surface area contributed by atoms with Gasteiger partial charge in [-0.25, -0.2) is 14.8 Å². The van der Waals surface area contributed by atoms with Gasteiger partial charge in [0.2, 0.25) is 11.9 Å². The van der Waals surface area contributed by atoms with Crippen LogP contribution in [0.25, 0.3) is 11.2 Å². The van der Waals surface area contributed by atoms with Crippen molar-refractivity contribution in [3.8, 4) is 0 Å². The molecule has 0 radical (unpaired) electrons. The van der Waals surface area contributed by atoms with E-state index < -0.39 is 23.5 Å². The second-order valence-electron chi connectivity index (χ2n) is 9.15. The van der Waals surface area contributed by atoms with Gasteiger partial charge in [0, 0.05) is 46.3 Å². The van der Waals surface area contributed by atoms with Gasteiger partial charge in [0.15, 0.2) is 11.2 Å². The number of hydrogen-bond acceptors (Lipinski definition) is 11. The summed E-state index contributed by atoms with van der Waals surface area (Å²) in [4.78, 5) is 65.6. The number of fused-ring (bicyclic) bond motifs is 2. The van der Waals surface area contributed by atoms with Gasteiger partial charge in [-0.05, 0) is 30.7 Å². The van der Waals surface area contributed by atoms with Crippen LogP contribution in [0.5, 0.6) is 0 Å². The van der Waals surface area contributed by atoms with E-state index in [1.807, 2.05) is 23.5 Å². The number of aromatic amines is 1. The lowest BCUT2D eigenvalue weighted by Crippen LogP contribution is -2.42. The highest BCUT2D eigenvalue weighted by molar-refractivity contribution is 8.19. The number of benzene rings is 1. The minimum absolute atomic E-state index is 0.0173. The van der Waals surface area contributed by atoms with Crippen LogP contribution in [0.15, 0.2) is 35.3 Å². The van der Waals surface area contributed by atoms with Crippen molar-refractivity contribution < 1.29 is 19.5 Å². The van der Waals surface area contributed by atoms with E-state index in [9.17, 15) is 24.3 Å². The zero-order chi connectivity index (χ0) is 27.5. The third-order valence-electron chi connectivity index (χ3n) is 6.49. The molecule has 2 saturated heterocycles. The molecule has 13 nitrogen and oxygen atoms in total. The van der Waals surface area contributed by atoms with Gasteiger partial charge in [0.05, 0.1) is 18.4 Å². The van der Waals surface area contributed by atoms with Crippen LogP contribution in [0.3, 0.4) is 0 Å². The number of aromatic nitrogens is 4. The van der Waals surface area contributed by atoms with Crippen LogP contribution in [-0.2, 0) is 16.1 Å². The number of nitrogens with zero attached hydrogens (tertiary/aromatic N) is 4. The number of thioether (sulfide) groups is 2. The summed E-state index contributed by atoms with van der Waals surface area (Å²) < 4.78 is 0. The standard InChI is InChI=1S/C24H26N8O5S2/c25-24-30-20-19(22(35)31-24)28-14(8-27-20)7-26-13-3-1-12(2-4-13)21(34)29-15(23(36)37)5-6-18(33)32-9-16-17(10-32)39-11-38-16/h1-4,8,15-17,26H,5-7,9-11H2,(H,29,34)(H,36,37)(H3,25,27,30,31,35)/t15-,16-,17?/m0/s1. The number of amides is 2. The maximum atomic E-state index is 12.7. The van der Waals surface area contributed by atoms with Crippen LogP contribution in [-0.4, -0.2) is 82.4 Å². The van der Waals surface area contributed by atoms with Crippen LogP contribution in [0, 0.1) is 0 Å². The molecule has 3 atom stereocenters. The summed E-state index contributed by atoms with van der Waals surface area (Å²) in [5, 5.41) is 17.2. The van der Waals surface area contributed by atoms with E-state index in [-0.39, 0.29) is 48.0 Å². The average Bonchev–Trinajstić information content (AvgIpc) is 3.53. The van der Waals surface area contributed by atoms with E-state index in [4.69, 9.17) is 5.73 Å². The Labute approximate surface area is 230 Å². The number of H-pyrrole nitrogens is 1. The number of nitrogen functional groups attached to an aromatic ring is 1. The minimum atomic E-state index is -1.19. The van der Waals surface area contributed by atoms with Crippen molar-refractivity contribution in [1.29, 1.82) is 0 Å². The maximum Gasteiger partial charge on any atom is 0.326 e. The minimum Gasteiger partial charge on any atom is -0.480 e. The number of carbonyl (C=O) groups is 3. The number of nitrogens with two attached hydrogens (primary N) is 1. The molecule has 15 heteroatoms. The van der Waals surface area contributed by atoms with Crippen molar-refractivity contribution in [3.63, 3.8) is 0 Å². The molecule has 204 valence electrons. The van der Waals surface area contributed by atoms with E-state index >= 15 is 0 Å². The largest absolute Gasteiger partial charge is 0.480 e. The molecule has 0 spiro atoms. The highest BCUT2D eigenvalue weighted by Gasteiger charge is 2.39. The van der Waals surface area contributed by atoms with Gasteiger partial charge in [-0.3, -0.25) is 19.4 Å². The molecule has 1 aromatic carbocycles. The van der Waals surface area contributed by atoms with Crippen molar-refractivity contribution in [2.75, 3.05) is 29.2 Å². The molecule has 0 saturated carbocycles. The second kappa shape index (κ2) is 11.5. The van der Waals surface area contributed by atoms with Crippen LogP contribution >= 0.6 is 23.5 Å². The topological polar surface area (TPSA) is 196 Å². The van der Waals surface area contributed by atoms with Gasteiger partial charge < -0.3 is 26.4 Å². The highest BCUT2D eigenvalue weighted by Crippen LogP contribution is 2.41. The van der Waals surface area contributed by atoms with Crippen molar-refractivity contribution in [2.24, 2.45) is 0 Å². The van der Waals surface area contributed by atoms with Gasteiger partial charge in [0.25, 0.3) is 11.5 Å². The summed E-state index contributed by atoms with van der Waals surface area (Å²) >= 11 is 3.72. The van der Waals surface area contributed by atoms with E-state index in [0.717, 1.165) is 5.08 Å². The first-order valence-corrected chi connectivity index (χ1v) is 14.3. The van der Waals surface area contributed by atoms with Crippen LogP contribution in [0.4, 0.5) is 11.6 Å². The molecule has 0 aliphatic carbocycles. The average molecular weight is 571 g/mol. The van der Waals surface area contributed by atoms with Gasteiger partial charge >= 0.3 is 5.97 Å². The van der Waals surface area contributed by atoms with E-state index in [1.54, 1.807) is 29.2 Å². The van der Waals surface area contributed by atoms with Gasteiger partial charge in [-0.1, -0.05) is 0 Å². The van der Waals surface area contributed by atoms with Gasteiger partial charge in [-0.15, -0.1) is 23.5 Å². The summed E-state index contributed by atoms with van der Waals surface area (Å²) in [5.41, 5.74) is 6.70. The molecule has 0 bridgehead atoms. The predicted octanol–water partition coefficient (Wildman–Crippen LogP) is 0.888. The fraction of sp³-hybridized carbons (Fsp3) is 0.375. The smallest absolute Gasteiger partial charge is 0.326 e. The molecule has 6 N–H and O–H groups in total. The van der Waals surface area contributed by atoms with Crippen LogP contribution in [0.1, 0.15) is 28.9 Å². The quantitative estimate of drug-likeness (QED) is 0.244. The molecule has 2 fully saturated rings. The Morgan fingerprint density at radius 1 is 1.15 bits per heavy atom. The van der Waals surface area contributed by atoms with E-state index in [2.05, 4.69) is 30.6 Å². The number of nitrogens with one attached hydrogen (secondary N) is 3. The molecule has 2 aliphatic heterocycles. The lowest BCUT2D eigenvalue weighted by Gasteiger charge is -2.19. The number of hydrogen-bond donors (Lipinski definition) is 5. The molecule has 1 unspecified atom stereocenters. The summed E-state index contributed by atoms with van der Waals surface area (Å²) in [6.45, 7) is 1.65. The first-order valence-electron chi connectivity index (χ1n) is 12.2. The fourth-order valence-electron chi connectivity index (χ4n) is 4.39. The molecule has 39 heavy (non-hydrogen) atoms. The van der Waals surface area contributed by atoms with Crippen LogP contribution in [0.2, 0.25) is 0 Å². The first kappa shape index (κ1) is 26.7. The molecule has 4 heterocycles. The highest BCUT2D eigenvalue weighted by atomic mass is 32.2. The monoisotopic (exact) mass is 570 g/mol. The molecule has 2 aliphatic rings. The Morgan fingerprint density at radius 2 is 1.87 bits per heavy atom. The molecule has 3 aromatic rings. The van der Waals surface area contributed by atoms with Crippen molar-refractivity contribution >= 4 is 64.1 Å². The van der Waals surface area contributed by atoms with Crippen molar-refractivity contribution in [1.82, 2.24) is 30.2 Å². The Hall–Kier alpha value is -3.85. The van der Waals surface area contributed by atoms with E-state index in [1.165, 1.54) is 6.20 Å². The van der Waals surface area contributed by atoms with Crippen LogP contribution < -0.4 is 21.9 Å². The van der Waals surface area contributed by atoms with Crippen molar-refractivity contribution in [2.45, 2.75) is 35.9 Å². The summed E-state index contributed by atoms with van der Waals surface area (Å²) in [6.07, 6.45) is 1.55. The first-order chi connectivity index (χ1) is 18.8. The van der Waals surface area contributed by atoms with E-state index in [0.29, 0.717) is 35.0 Å². The Kier molecular flexibility index (Phi) is 7.88. The summed E-state index contributed by atoms with van der Waals surface area (Å²) in [5.74, 6) is -1.85. The lowest BCUT2D eigenvalue weighted by atomic mass is 10.1. The second-order valence-corrected chi connectivity index (χ2v) is 12.0. The number of rotatable bonds is 9. The fourth-order valence-corrected chi connectivity index (χ4v) is 7.75. The van der Waals surface area contributed by atoms with Gasteiger partial charge in [0.1, 0.15) is 6.04 Å². The molecular formula is C24H26N8O5S2. The Morgan fingerprint density at radius 3 is 2.56 bits per heavy atom. The summed E-state index contributed by atoms with van der Waals surface area (Å²) in [7, 11) is 0. The number of anilines is 2. The molecule has 2 amide bonds. The number of aliphatic carboxylic acids is 1. The normalized spacial score (nSPS) is 19.0. The lowest BCUT2D eigenvalue weighted by molar-refractivity contribution is -0.139. The predicted molar refractivity (Wildman–Crippen MR) is 148 cm³/mol. The molecular weight excluding hydrogens is 544 g/mol. The Bertz CT molecular complexity index is 1460.